The molecule has 5 nitrogen and oxygen atoms in total. The van der Waals surface area contributed by atoms with Crippen LogP contribution in [0, 0.1) is 6.92 Å². The summed E-state index contributed by atoms with van der Waals surface area (Å²) >= 11 is 1.56. The number of rotatable bonds is 6. The molecule has 0 atom stereocenters. The van der Waals surface area contributed by atoms with Crippen molar-refractivity contribution in [1.82, 2.24) is 10.3 Å². The number of hydrogen-bond acceptors (Lipinski definition) is 4. The summed E-state index contributed by atoms with van der Waals surface area (Å²) in [5, 5.41) is 14.0. The monoisotopic (exact) mass is 242 g/mol. The molecule has 0 saturated carbocycles. The van der Waals surface area contributed by atoms with Crippen molar-refractivity contribution >= 4 is 23.2 Å². The first-order chi connectivity index (χ1) is 7.58. The first-order valence-electron chi connectivity index (χ1n) is 4.97. The molecule has 0 spiro atoms. The van der Waals surface area contributed by atoms with Gasteiger partial charge in [-0.25, -0.2) is 4.98 Å². The number of amides is 1. The van der Waals surface area contributed by atoms with E-state index < -0.39 is 5.97 Å². The lowest BCUT2D eigenvalue weighted by Crippen LogP contribution is -2.25. The molecule has 88 valence electrons. The maximum Gasteiger partial charge on any atom is 0.303 e. The molecule has 1 aromatic heterocycles. The van der Waals surface area contributed by atoms with Crippen LogP contribution in [0.5, 0.6) is 0 Å². The number of aromatic nitrogens is 1. The van der Waals surface area contributed by atoms with E-state index in [-0.39, 0.29) is 18.7 Å². The number of carboxylic acids is 1. The highest BCUT2D eigenvalue weighted by atomic mass is 32.1. The number of nitrogens with zero attached hydrogens (tertiary/aromatic N) is 1. The van der Waals surface area contributed by atoms with Crippen LogP contribution in [0.4, 0.5) is 0 Å². The van der Waals surface area contributed by atoms with Crippen molar-refractivity contribution in [3.8, 4) is 0 Å². The molecule has 0 bridgehead atoms. The molecule has 0 aliphatic heterocycles. The van der Waals surface area contributed by atoms with E-state index in [2.05, 4.69) is 10.3 Å². The number of aliphatic carboxylic acids is 1. The molecule has 0 unspecified atom stereocenters. The van der Waals surface area contributed by atoms with Crippen LogP contribution < -0.4 is 5.32 Å². The molecular weight excluding hydrogens is 228 g/mol. The van der Waals surface area contributed by atoms with E-state index in [9.17, 15) is 9.59 Å². The molecule has 1 heterocycles. The quantitative estimate of drug-likeness (QED) is 0.779. The summed E-state index contributed by atoms with van der Waals surface area (Å²) in [4.78, 5) is 25.6. The Labute approximate surface area is 97.5 Å². The van der Waals surface area contributed by atoms with Gasteiger partial charge in [-0.2, -0.15) is 0 Å². The Balaban J connectivity index is 2.15. The lowest BCUT2D eigenvalue weighted by molar-refractivity contribution is -0.138. The average molecular weight is 242 g/mol. The number of aryl methyl sites for hydroxylation is 1. The average Bonchev–Trinajstić information content (AvgIpc) is 2.61. The van der Waals surface area contributed by atoms with Gasteiger partial charge in [0.05, 0.1) is 11.4 Å². The summed E-state index contributed by atoms with van der Waals surface area (Å²) in [6.45, 7) is 2.43. The number of nitrogens with one attached hydrogen (secondary N) is 1. The van der Waals surface area contributed by atoms with E-state index in [1.807, 2.05) is 12.3 Å². The fraction of sp³-hybridized carbons (Fsp3) is 0.500. The minimum Gasteiger partial charge on any atom is -0.481 e. The third-order valence-corrected chi connectivity index (χ3v) is 2.92. The first-order valence-corrected chi connectivity index (χ1v) is 5.85. The Bertz CT molecular complexity index is 376. The highest BCUT2D eigenvalue weighted by Crippen LogP contribution is 2.08. The van der Waals surface area contributed by atoms with Gasteiger partial charge in [-0.3, -0.25) is 9.59 Å². The second kappa shape index (κ2) is 6.22. The highest BCUT2D eigenvalue weighted by molar-refractivity contribution is 7.09. The number of thiazole rings is 1. The van der Waals surface area contributed by atoms with E-state index in [4.69, 9.17) is 5.11 Å². The van der Waals surface area contributed by atoms with Gasteiger partial charge in [0.1, 0.15) is 0 Å². The Morgan fingerprint density at radius 3 is 2.81 bits per heavy atom. The zero-order valence-electron chi connectivity index (χ0n) is 9.02. The zero-order valence-corrected chi connectivity index (χ0v) is 9.84. The third kappa shape index (κ3) is 4.88. The largest absolute Gasteiger partial charge is 0.481 e. The van der Waals surface area contributed by atoms with Gasteiger partial charge in [-0.05, 0) is 6.92 Å². The van der Waals surface area contributed by atoms with Crippen molar-refractivity contribution < 1.29 is 14.7 Å². The Morgan fingerprint density at radius 1 is 1.50 bits per heavy atom. The first kappa shape index (κ1) is 12.6. The van der Waals surface area contributed by atoms with Gasteiger partial charge in [-0.15, -0.1) is 11.3 Å². The summed E-state index contributed by atoms with van der Waals surface area (Å²) in [6.07, 6.45) is 0.603. The molecule has 0 aromatic carbocycles. The maximum absolute atomic E-state index is 11.2. The van der Waals surface area contributed by atoms with Crippen LogP contribution in [-0.4, -0.2) is 28.5 Å². The third-order valence-electron chi connectivity index (χ3n) is 1.89. The molecule has 0 aliphatic carbocycles. The highest BCUT2D eigenvalue weighted by Gasteiger charge is 2.05. The summed E-state index contributed by atoms with van der Waals surface area (Å²) in [5.41, 5.74) is 0.984. The van der Waals surface area contributed by atoms with Crippen molar-refractivity contribution in [2.75, 3.05) is 6.54 Å². The van der Waals surface area contributed by atoms with E-state index in [0.717, 1.165) is 10.7 Å². The summed E-state index contributed by atoms with van der Waals surface area (Å²) < 4.78 is 0. The van der Waals surface area contributed by atoms with Gasteiger partial charge in [0.15, 0.2) is 0 Å². The Hall–Kier alpha value is -1.43. The van der Waals surface area contributed by atoms with Crippen molar-refractivity contribution in [3.63, 3.8) is 0 Å². The molecule has 1 aromatic rings. The van der Waals surface area contributed by atoms with E-state index in [0.29, 0.717) is 13.0 Å². The van der Waals surface area contributed by atoms with Crippen molar-refractivity contribution in [2.24, 2.45) is 0 Å². The van der Waals surface area contributed by atoms with Gasteiger partial charge in [-0.1, -0.05) is 0 Å². The van der Waals surface area contributed by atoms with Crippen molar-refractivity contribution in [1.29, 1.82) is 0 Å². The minimum atomic E-state index is -0.953. The van der Waals surface area contributed by atoms with Crippen molar-refractivity contribution in [2.45, 2.75) is 26.2 Å². The number of carboxylic acid groups (broad SMARTS) is 1. The molecule has 0 fully saturated rings. The second-order valence-corrected chi connectivity index (χ2v) is 4.32. The molecule has 0 aliphatic rings. The van der Waals surface area contributed by atoms with Crippen LogP contribution >= 0.6 is 11.3 Å². The second-order valence-electron chi connectivity index (χ2n) is 3.38. The zero-order chi connectivity index (χ0) is 12.0. The Kier molecular flexibility index (Phi) is 4.91. The van der Waals surface area contributed by atoms with Crippen molar-refractivity contribution in [3.05, 3.63) is 16.1 Å². The van der Waals surface area contributed by atoms with E-state index in [1.165, 1.54) is 0 Å². The van der Waals surface area contributed by atoms with Crippen LogP contribution in [-0.2, 0) is 16.0 Å². The van der Waals surface area contributed by atoms with Gasteiger partial charge in [0.25, 0.3) is 0 Å². The molecule has 16 heavy (non-hydrogen) atoms. The lowest BCUT2D eigenvalue weighted by atomic mass is 10.3. The smallest absolute Gasteiger partial charge is 0.303 e. The molecule has 6 heteroatoms. The van der Waals surface area contributed by atoms with Gasteiger partial charge >= 0.3 is 5.97 Å². The van der Waals surface area contributed by atoms with Crippen LogP contribution in [0.2, 0.25) is 0 Å². The summed E-state index contributed by atoms with van der Waals surface area (Å²) in [6, 6.07) is 0. The lowest BCUT2D eigenvalue weighted by Gasteiger charge is -2.01. The van der Waals surface area contributed by atoms with Crippen LogP contribution in [0.25, 0.3) is 0 Å². The molecular formula is C10H14N2O3S. The maximum atomic E-state index is 11.2. The minimum absolute atomic E-state index is 0.0340. The number of carbonyl (C=O) groups excluding carboxylic acids is 1. The van der Waals surface area contributed by atoms with Crippen LogP contribution in [0.1, 0.15) is 23.5 Å². The topological polar surface area (TPSA) is 79.3 Å². The molecule has 2 N–H and O–H groups in total. The molecule has 0 radical (unpaired) electrons. The van der Waals surface area contributed by atoms with Crippen LogP contribution in [0.15, 0.2) is 5.38 Å². The number of carbonyl (C=O) groups is 2. The van der Waals surface area contributed by atoms with Gasteiger partial charge in [0.2, 0.25) is 5.91 Å². The SMILES string of the molecule is Cc1csc(CCNC(=O)CCC(=O)O)n1. The fourth-order valence-corrected chi connectivity index (χ4v) is 1.91. The molecule has 1 rings (SSSR count). The van der Waals surface area contributed by atoms with E-state index in [1.54, 1.807) is 11.3 Å². The normalized spacial score (nSPS) is 10.1. The Morgan fingerprint density at radius 2 is 2.25 bits per heavy atom. The summed E-state index contributed by atoms with van der Waals surface area (Å²) in [7, 11) is 0. The predicted molar refractivity (Wildman–Crippen MR) is 60.4 cm³/mol. The fourth-order valence-electron chi connectivity index (χ4n) is 1.14. The number of hydrogen-bond donors (Lipinski definition) is 2. The van der Waals surface area contributed by atoms with Gasteiger partial charge in [0, 0.05) is 30.5 Å². The van der Waals surface area contributed by atoms with Crippen LogP contribution in [0.3, 0.4) is 0 Å². The summed E-state index contributed by atoms with van der Waals surface area (Å²) in [5.74, 6) is -1.18. The molecule has 0 saturated heterocycles. The van der Waals surface area contributed by atoms with E-state index >= 15 is 0 Å². The molecule has 1 amide bonds. The predicted octanol–water partition coefficient (Wildman–Crippen LogP) is 0.975. The standard InChI is InChI=1S/C10H14N2O3S/c1-7-6-16-9(12-7)4-5-11-8(13)2-3-10(14)15/h6H,2-5H2,1H3,(H,11,13)(H,14,15). The van der Waals surface area contributed by atoms with Gasteiger partial charge < -0.3 is 10.4 Å².